The molecule has 0 fully saturated rings. The van der Waals surface area contributed by atoms with Crippen LogP contribution in [-0.2, 0) is 4.74 Å². The molecule has 6 nitrogen and oxygen atoms in total. The van der Waals surface area contributed by atoms with Crippen LogP contribution in [0.4, 0.5) is 0 Å². The van der Waals surface area contributed by atoms with Gasteiger partial charge in [-0.3, -0.25) is 4.98 Å². The average Bonchev–Trinajstić information content (AvgIpc) is 2.76. The molecule has 0 saturated heterocycles. The van der Waals surface area contributed by atoms with Gasteiger partial charge in [-0.15, -0.1) is 0 Å². The van der Waals surface area contributed by atoms with E-state index >= 15 is 0 Å². The predicted molar refractivity (Wildman–Crippen MR) is 56.0 cm³/mol. The SMILES string of the molecule is CCCCOC(=O)c1cncc2ncnn12. The van der Waals surface area contributed by atoms with Gasteiger partial charge in [0.2, 0.25) is 0 Å². The Kier molecular flexibility index (Phi) is 3.09. The number of esters is 1. The summed E-state index contributed by atoms with van der Waals surface area (Å²) in [5.41, 5.74) is 0.830. The van der Waals surface area contributed by atoms with Crippen molar-refractivity contribution >= 4 is 11.6 Å². The zero-order valence-corrected chi connectivity index (χ0v) is 8.96. The van der Waals surface area contributed by atoms with Gasteiger partial charge in [-0.25, -0.2) is 14.3 Å². The summed E-state index contributed by atoms with van der Waals surface area (Å²) >= 11 is 0. The Balaban J connectivity index is 2.19. The number of hydrogen-bond acceptors (Lipinski definition) is 5. The van der Waals surface area contributed by atoms with Crippen molar-refractivity contribution in [1.29, 1.82) is 0 Å². The van der Waals surface area contributed by atoms with Crippen molar-refractivity contribution < 1.29 is 9.53 Å². The molecule has 0 aromatic carbocycles. The molecule has 0 N–H and O–H groups in total. The van der Waals surface area contributed by atoms with Gasteiger partial charge >= 0.3 is 5.97 Å². The molecule has 84 valence electrons. The summed E-state index contributed by atoms with van der Waals surface area (Å²) in [5.74, 6) is -0.419. The largest absolute Gasteiger partial charge is 0.461 e. The van der Waals surface area contributed by atoms with E-state index in [1.807, 2.05) is 6.92 Å². The third-order valence-corrected chi connectivity index (χ3v) is 2.13. The van der Waals surface area contributed by atoms with Crippen LogP contribution in [0.25, 0.3) is 5.65 Å². The summed E-state index contributed by atoms with van der Waals surface area (Å²) in [5, 5.41) is 3.93. The van der Waals surface area contributed by atoms with E-state index in [4.69, 9.17) is 4.74 Å². The molecule has 2 rings (SSSR count). The third-order valence-electron chi connectivity index (χ3n) is 2.13. The molecular weight excluding hydrogens is 208 g/mol. The van der Waals surface area contributed by atoms with E-state index in [0.717, 1.165) is 12.8 Å². The standard InChI is InChI=1S/C10H12N4O2/c1-2-3-4-16-10(15)8-5-11-6-9-12-7-13-14(8)9/h5-7H,2-4H2,1H3. The summed E-state index contributed by atoms with van der Waals surface area (Å²) in [6.07, 6.45) is 6.18. The van der Waals surface area contributed by atoms with Crippen LogP contribution >= 0.6 is 0 Å². The number of unbranched alkanes of at least 4 members (excludes halogenated alkanes) is 1. The summed E-state index contributed by atoms with van der Waals surface area (Å²) in [4.78, 5) is 19.5. The van der Waals surface area contributed by atoms with Crippen molar-refractivity contribution in [3.05, 3.63) is 24.4 Å². The molecule has 0 aliphatic heterocycles. The lowest BCUT2D eigenvalue weighted by molar-refractivity contribution is 0.0489. The highest BCUT2D eigenvalue weighted by atomic mass is 16.5. The van der Waals surface area contributed by atoms with Crippen LogP contribution < -0.4 is 0 Å². The van der Waals surface area contributed by atoms with E-state index in [0.29, 0.717) is 17.9 Å². The van der Waals surface area contributed by atoms with Crippen molar-refractivity contribution in [3.8, 4) is 0 Å². The fraction of sp³-hybridized carbons (Fsp3) is 0.400. The maximum absolute atomic E-state index is 11.7. The topological polar surface area (TPSA) is 69.4 Å². The van der Waals surface area contributed by atoms with Gasteiger partial charge in [0.25, 0.3) is 0 Å². The van der Waals surface area contributed by atoms with Crippen LogP contribution in [0.1, 0.15) is 30.3 Å². The van der Waals surface area contributed by atoms with Gasteiger partial charge in [0, 0.05) is 0 Å². The number of ether oxygens (including phenoxy) is 1. The molecule has 0 aliphatic carbocycles. The molecule has 2 heterocycles. The molecule has 0 saturated carbocycles. The van der Waals surface area contributed by atoms with Crippen molar-refractivity contribution in [2.75, 3.05) is 6.61 Å². The molecule has 0 unspecified atom stereocenters. The van der Waals surface area contributed by atoms with E-state index in [9.17, 15) is 4.79 Å². The minimum Gasteiger partial charge on any atom is -0.461 e. The van der Waals surface area contributed by atoms with Gasteiger partial charge in [-0.1, -0.05) is 13.3 Å². The Morgan fingerprint density at radius 3 is 3.19 bits per heavy atom. The Bertz CT molecular complexity index is 494. The van der Waals surface area contributed by atoms with Crippen molar-refractivity contribution in [1.82, 2.24) is 19.6 Å². The van der Waals surface area contributed by atoms with Crippen molar-refractivity contribution in [3.63, 3.8) is 0 Å². The first-order chi connectivity index (χ1) is 7.83. The van der Waals surface area contributed by atoms with E-state index in [1.54, 1.807) is 0 Å². The van der Waals surface area contributed by atoms with Gasteiger partial charge in [0.15, 0.2) is 11.3 Å². The van der Waals surface area contributed by atoms with Gasteiger partial charge in [0.1, 0.15) is 6.33 Å². The number of carbonyl (C=O) groups excluding carboxylic acids is 1. The summed E-state index contributed by atoms with van der Waals surface area (Å²) in [6.45, 7) is 2.45. The fourth-order valence-electron chi connectivity index (χ4n) is 1.28. The van der Waals surface area contributed by atoms with Gasteiger partial charge in [0.05, 0.1) is 19.0 Å². The molecule has 0 aliphatic rings. The smallest absolute Gasteiger partial charge is 0.358 e. The first-order valence-corrected chi connectivity index (χ1v) is 5.13. The maximum atomic E-state index is 11.7. The van der Waals surface area contributed by atoms with E-state index in [2.05, 4.69) is 15.1 Å². The second-order valence-electron chi connectivity index (χ2n) is 3.31. The average molecular weight is 220 g/mol. The van der Waals surface area contributed by atoms with E-state index in [-0.39, 0.29) is 0 Å². The highest BCUT2D eigenvalue weighted by Gasteiger charge is 2.12. The first-order valence-electron chi connectivity index (χ1n) is 5.13. The summed E-state index contributed by atoms with van der Waals surface area (Å²) in [7, 11) is 0. The molecule has 0 bridgehead atoms. The van der Waals surface area contributed by atoms with Gasteiger partial charge in [-0.2, -0.15) is 5.10 Å². The minimum absolute atomic E-state index is 0.297. The molecule has 0 atom stereocenters. The highest BCUT2D eigenvalue weighted by Crippen LogP contribution is 2.03. The summed E-state index contributed by atoms with van der Waals surface area (Å²) in [6, 6.07) is 0. The zero-order valence-electron chi connectivity index (χ0n) is 8.96. The van der Waals surface area contributed by atoms with Crippen LogP contribution in [0.5, 0.6) is 0 Å². The molecule has 6 heteroatoms. The minimum atomic E-state index is -0.419. The third kappa shape index (κ3) is 2.00. The maximum Gasteiger partial charge on any atom is 0.358 e. The molecule has 0 amide bonds. The number of rotatable bonds is 4. The summed E-state index contributed by atoms with van der Waals surface area (Å²) < 4.78 is 6.50. The molecule has 2 aromatic heterocycles. The molecule has 0 spiro atoms. The monoisotopic (exact) mass is 220 g/mol. The lowest BCUT2D eigenvalue weighted by Gasteiger charge is -2.04. The fourth-order valence-corrected chi connectivity index (χ4v) is 1.28. The van der Waals surface area contributed by atoms with Crippen LogP contribution in [0.15, 0.2) is 18.7 Å². The van der Waals surface area contributed by atoms with Gasteiger partial charge < -0.3 is 4.74 Å². The Morgan fingerprint density at radius 2 is 2.38 bits per heavy atom. The number of carbonyl (C=O) groups is 1. The van der Waals surface area contributed by atoms with Crippen LogP contribution in [0.3, 0.4) is 0 Å². The van der Waals surface area contributed by atoms with Crippen molar-refractivity contribution in [2.45, 2.75) is 19.8 Å². The molecule has 0 radical (unpaired) electrons. The number of fused-ring (bicyclic) bond motifs is 1. The van der Waals surface area contributed by atoms with Crippen LogP contribution in [-0.4, -0.2) is 32.2 Å². The lowest BCUT2D eigenvalue weighted by atomic mass is 10.3. The number of aromatic nitrogens is 4. The van der Waals surface area contributed by atoms with E-state index in [1.165, 1.54) is 23.2 Å². The Morgan fingerprint density at radius 1 is 1.50 bits per heavy atom. The molecular formula is C10H12N4O2. The molecule has 16 heavy (non-hydrogen) atoms. The highest BCUT2D eigenvalue weighted by molar-refractivity contribution is 5.87. The lowest BCUT2D eigenvalue weighted by Crippen LogP contribution is -2.12. The molecule has 2 aromatic rings. The zero-order chi connectivity index (χ0) is 11.4. The quantitative estimate of drug-likeness (QED) is 0.569. The Hall–Kier alpha value is -1.98. The number of nitrogens with zero attached hydrogens (tertiary/aromatic N) is 4. The first kappa shape index (κ1) is 10.5. The second-order valence-corrected chi connectivity index (χ2v) is 3.31. The van der Waals surface area contributed by atoms with Crippen molar-refractivity contribution in [2.24, 2.45) is 0 Å². The van der Waals surface area contributed by atoms with Crippen LogP contribution in [0, 0.1) is 0 Å². The number of hydrogen-bond donors (Lipinski definition) is 0. The predicted octanol–water partition coefficient (Wildman–Crippen LogP) is 1.08. The van der Waals surface area contributed by atoms with Gasteiger partial charge in [-0.05, 0) is 6.42 Å². The Labute approximate surface area is 92.3 Å². The normalized spacial score (nSPS) is 10.6. The van der Waals surface area contributed by atoms with E-state index < -0.39 is 5.97 Å². The second kappa shape index (κ2) is 4.69. The van der Waals surface area contributed by atoms with Crippen LogP contribution in [0.2, 0.25) is 0 Å².